The number of thiophene rings is 1. The number of amides is 1. The van der Waals surface area contributed by atoms with Crippen molar-refractivity contribution < 1.29 is 4.79 Å². The molecule has 0 saturated heterocycles. The van der Waals surface area contributed by atoms with Crippen LogP contribution in [0.15, 0.2) is 6.07 Å². The number of nitrogens with one attached hydrogen (secondary N) is 3. The van der Waals surface area contributed by atoms with Crippen LogP contribution in [0.4, 0.5) is 11.8 Å². The SMILES string of the molecule is CCNc1nc(NC(C)C(=O)NC)c2cc(CC)sc2n1. The van der Waals surface area contributed by atoms with Crippen LogP contribution in [0, 0.1) is 0 Å². The Morgan fingerprint density at radius 3 is 2.76 bits per heavy atom. The standard InChI is InChI=1S/C14H21N5OS/c1-5-9-7-10-11(17-8(3)12(20)15-4)18-14(16-6-2)19-13(10)21-9/h7-8H,5-6H2,1-4H3,(H,15,20)(H2,16,17,18,19). The second-order valence-electron chi connectivity index (χ2n) is 4.69. The number of aromatic nitrogens is 2. The lowest BCUT2D eigenvalue weighted by molar-refractivity contribution is -0.121. The molecule has 2 heterocycles. The molecule has 1 atom stereocenters. The highest BCUT2D eigenvalue weighted by Gasteiger charge is 2.16. The molecule has 0 saturated carbocycles. The monoisotopic (exact) mass is 307 g/mol. The third-order valence-electron chi connectivity index (χ3n) is 3.12. The lowest BCUT2D eigenvalue weighted by Crippen LogP contribution is -2.35. The molecule has 0 fully saturated rings. The van der Waals surface area contributed by atoms with Crippen LogP contribution >= 0.6 is 11.3 Å². The van der Waals surface area contributed by atoms with Crippen molar-refractivity contribution in [2.24, 2.45) is 0 Å². The maximum Gasteiger partial charge on any atom is 0.241 e. The third kappa shape index (κ3) is 3.41. The predicted molar refractivity (Wildman–Crippen MR) is 88.1 cm³/mol. The first-order chi connectivity index (χ1) is 10.1. The van der Waals surface area contributed by atoms with Gasteiger partial charge in [0.15, 0.2) is 0 Å². The van der Waals surface area contributed by atoms with Crippen molar-refractivity contribution in [3.63, 3.8) is 0 Å². The minimum Gasteiger partial charge on any atom is -0.358 e. The van der Waals surface area contributed by atoms with E-state index in [1.165, 1.54) is 4.88 Å². The first-order valence-electron chi connectivity index (χ1n) is 7.11. The Hall–Kier alpha value is -1.89. The summed E-state index contributed by atoms with van der Waals surface area (Å²) in [6.07, 6.45) is 0.960. The summed E-state index contributed by atoms with van der Waals surface area (Å²) in [5.74, 6) is 1.21. The molecule has 6 nitrogen and oxygen atoms in total. The summed E-state index contributed by atoms with van der Waals surface area (Å²) in [6, 6.07) is 1.74. The maximum atomic E-state index is 11.7. The van der Waals surface area contributed by atoms with Gasteiger partial charge in [0.2, 0.25) is 11.9 Å². The first kappa shape index (κ1) is 15.5. The summed E-state index contributed by atoms with van der Waals surface area (Å²) in [7, 11) is 1.62. The van der Waals surface area contributed by atoms with Crippen LogP contribution in [0.2, 0.25) is 0 Å². The van der Waals surface area contributed by atoms with Crippen molar-refractivity contribution in [2.45, 2.75) is 33.2 Å². The van der Waals surface area contributed by atoms with Crippen molar-refractivity contribution in [1.82, 2.24) is 15.3 Å². The molecule has 1 unspecified atom stereocenters. The van der Waals surface area contributed by atoms with E-state index >= 15 is 0 Å². The number of aryl methyl sites for hydroxylation is 1. The molecule has 0 aliphatic heterocycles. The number of hydrogen-bond acceptors (Lipinski definition) is 6. The van der Waals surface area contributed by atoms with Gasteiger partial charge in [-0.2, -0.15) is 4.98 Å². The Balaban J connectivity index is 2.43. The minimum atomic E-state index is -0.354. The van der Waals surface area contributed by atoms with Crippen molar-refractivity contribution in [3.05, 3.63) is 10.9 Å². The summed E-state index contributed by atoms with van der Waals surface area (Å²) in [4.78, 5) is 22.9. The quantitative estimate of drug-likeness (QED) is 0.763. The van der Waals surface area contributed by atoms with Gasteiger partial charge >= 0.3 is 0 Å². The molecule has 3 N–H and O–H groups in total. The Kier molecular flexibility index (Phi) is 4.95. The summed E-state index contributed by atoms with van der Waals surface area (Å²) in [5.41, 5.74) is 0. The van der Waals surface area contributed by atoms with Gasteiger partial charge in [0.25, 0.3) is 0 Å². The van der Waals surface area contributed by atoms with E-state index in [1.807, 2.05) is 13.8 Å². The molecule has 114 valence electrons. The van der Waals surface area contributed by atoms with E-state index < -0.39 is 0 Å². The Morgan fingerprint density at radius 2 is 2.14 bits per heavy atom. The van der Waals surface area contributed by atoms with Crippen LogP contribution < -0.4 is 16.0 Å². The molecule has 1 amide bonds. The van der Waals surface area contributed by atoms with Crippen LogP contribution in [-0.2, 0) is 11.2 Å². The second kappa shape index (κ2) is 6.71. The minimum absolute atomic E-state index is 0.0716. The van der Waals surface area contributed by atoms with Crippen LogP contribution in [0.1, 0.15) is 25.6 Å². The first-order valence-corrected chi connectivity index (χ1v) is 7.93. The van der Waals surface area contributed by atoms with Crippen molar-refractivity contribution >= 4 is 39.2 Å². The van der Waals surface area contributed by atoms with Crippen LogP contribution in [0.25, 0.3) is 10.2 Å². The highest BCUT2D eigenvalue weighted by molar-refractivity contribution is 7.18. The molecular weight excluding hydrogens is 286 g/mol. The molecule has 0 bridgehead atoms. The van der Waals surface area contributed by atoms with Crippen molar-refractivity contribution in [2.75, 3.05) is 24.2 Å². The normalized spacial score (nSPS) is 12.2. The molecule has 2 aromatic heterocycles. The summed E-state index contributed by atoms with van der Waals surface area (Å²) in [6.45, 7) is 6.68. The number of nitrogens with zero attached hydrogens (tertiary/aromatic N) is 2. The van der Waals surface area contributed by atoms with E-state index in [-0.39, 0.29) is 11.9 Å². The van der Waals surface area contributed by atoms with Gasteiger partial charge in [-0.25, -0.2) is 4.98 Å². The topological polar surface area (TPSA) is 78.9 Å². The van der Waals surface area contributed by atoms with Crippen LogP contribution in [0.3, 0.4) is 0 Å². The number of fused-ring (bicyclic) bond motifs is 1. The summed E-state index contributed by atoms with van der Waals surface area (Å²) >= 11 is 1.66. The zero-order chi connectivity index (χ0) is 15.4. The number of carbonyl (C=O) groups is 1. The largest absolute Gasteiger partial charge is 0.358 e. The fourth-order valence-electron chi connectivity index (χ4n) is 1.98. The molecule has 2 rings (SSSR count). The third-order valence-corrected chi connectivity index (χ3v) is 4.29. The molecule has 0 radical (unpaired) electrons. The predicted octanol–water partition coefficient (Wildman–Crippen LogP) is 2.23. The second-order valence-corrected chi connectivity index (χ2v) is 5.81. The van der Waals surface area contributed by atoms with Gasteiger partial charge in [0.1, 0.15) is 16.7 Å². The maximum absolute atomic E-state index is 11.7. The van der Waals surface area contributed by atoms with Gasteiger partial charge in [-0.05, 0) is 26.3 Å². The van der Waals surface area contributed by atoms with E-state index in [9.17, 15) is 4.79 Å². The Labute approximate surface area is 128 Å². The van der Waals surface area contributed by atoms with Gasteiger partial charge in [-0.15, -0.1) is 11.3 Å². The molecule has 2 aromatic rings. The van der Waals surface area contributed by atoms with Gasteiger partial charge in [0, 0.05) is 18.5 Å². The highest BCUT2D eigenvalue weighted by atomic mass is 32.1. The molecule has 21 heavy (non-hydrogen) atoms. The zero-order valence-electron chi connectivity index (χ0n) is 12.8. The fraction of sp³-hybridized carbons (Fsp3) is 0.500. The van der Waals surface area contributed by atoms with Gasteiger partial charge < -0.3 is 16.0 Å². The Morgan fingerprint density at radius 1 is 1.38 bits per heavy atom. The van der Waals surface area contributed by atoms with Gasteiger partial charge in [0.05, 0.1) is 5.39 Å². The van der Waals surface area contributed by atoms with Crippen LogP contribution in [0.5, 0.6) is 0 Å². The average molecular weight is 307 g/mol. The van der Waals surface area contributed by atoms with Crippen LogP contribution in [-0.4, -0.2) is 35.5 Å². The fourth-order valence-corrected chi connectivity index (χ4v) is 2.95. The van der Waals surface area contributed by atoms with Crippen molar-refractivity contribution in [3.8, 4) is 0 Å². The number of carbonyl (C=O) groups excluding carboxylic acids is 1. The number of likely N-dealkylation sites (N-methyl/N-ethyl adjacent to an activating group) is 1. The summed E-state index contributed by atoms with van der Waals surface area (Å²) < 4.78 is 0. The highest BCUT2D eigenvalue weighted by Crippen LogP contribution is 2.30. The smallest absolute Gasteiger partial charge is 0.241 e. The summed E-state index contributed by atoms with van der Waals surface area (Å²) in [5, 5.41) is 9.90. The van der Waals surface area contributed by atoms with Gasteiger partial charge in [-0.1, -0.05) is 6.92 Å². The molecule has 0 spiro atoms. The lowest BCUT2D eigenvalue weighted by atomic mass is 10.2. The van der Waals surface area contributed by atoms with Gasteiger partial charge in [-0.3, -0.25) is 4.79 Å². The molecular formula is C14H21N5OS. The number of hydrogen-bond donors (Lipinski definition) is 3. The molecule has 7 heteroatoms. The molecule has 0 aliphatic carbocycles. The zero-order valence-corrected chi connectivity index (χ0v) is 13.6. The van der Waals surface area contributed by atoms with E-state index in [2.05, 4.69) is 38.9 Å². The Bertz CT molecular complexity index is 640. The van der Waals surface area contributed by atoms with E-state index in [0.29, 0.717) is 11.8 Å². The number of anilines is 2. The van der Waals surface area contributed by atoms with Crippen molar-refractivity contribution in [1.29, 1.82) is 0 Å². The number of rotatable bonds is 6. The molecule has 0 aliphatic rings. The van der Waals surface area contributed by atoms with E-state index in [0.717, 1.165) is 23.2 Å². The lowest BCUT2D eigenvalue weighted by Gasteiger charge is -2.14. The van der Waals surface area contributed by atoms with E-state index in [4.69, 9.17) is 0 Å². The van der Waals surface area contributed by atoms with E-state index in [1.54, 1.807) is 18.4 Å². The average Bonchev–Trinajstić information content (AvgIpc) is 2.90. The molecule has 0 aromatic carbocycles.